The molecule has 1 heteroatoms. The highest BCUT2D eigenvalue weighted by molar-refractivity contribution is 6.51. The molecule has 0 saturated carbocycles. The highest BCUT2D eigenvalue weighted by atomic mass is 14.4. The Morgan fingerprint density at radius 1 is 0.696 bits per heavy atom. The molecule has 0 fully saturated rings. The Labute approximate surface area is 139 Å². The zero-order valence-electron chi connectivity index (χ0n) is 14.1. The summed E-state index contributed by atoms with van der Waals surface area (Å²) in [5.74, 6) is 0. The lowest BCUT2D eigenvalue weighted by Crippen LogP contribution is -2.14. The standard InChI is InChI=1S/C22H21B/c1-22(2)20-7-5-4-6-18(20)19-13-10-16(14-21(19)22)15-8-11-17(23-3)12-9-15/h4-14,23H,1-3H3. The molecule has 0 amide bonds. The number of hydrogen-bond donors (Lipinski definition) is 0. The quantitative estimate of drug-likeness (QED) is 0.598. The minimum atomic E-state index is 0.0747. The van der Waals surface area contributed by atoms with Gasteiger partial charge in [0.1, 0.15) is 0 Å². The number of benzene rings is 3. The van der Waals surface area contributed by atoms with E-state index in [1.807, 2.05) is 0 Å². The predicted molar refractivity (Wildman–Crippen MR) is 102 cm³/mol. The second kappa shape index (κ2) is 5.13. The van der Waals surface area contributed by atoms with Crippen LogP contribution in [0.2, 0.25) is 6.82 Å². The van der Waals surface area contributed by atoms with Gasteiger partial charge in [0.15, 0.2) is 7.28 Å². The van der Waals surface area contributed by atoms with Crippen LogP contribution >= 0.6 is 0 Å². The van der Waals surface area contributed by atoms with Gasteiger partial charge in [-0.05, 0) is 39.4 Å². The molecule has 112 valence electrons. The normalized spacial score (nSPS) is 14.2. The van der Waals surface area contributed by atoms with Crippen LogP contribution in [-0.4, -0.2) is 7.28 Å². The molecular weight excluding hydrogens is 275 g/mol. The minimum Gasteiger partial charge on any atom is -0.0849 e. The van der Waals surface area contributed by atoms with E-state index in [1.54, 1.807) is 0 Å². The third-order valence-electron chi connectivity index (χ3n) is 5.28. The molecule has 4 rings (SSSR count). The summed E-state index contributed by atoms with van der Waals surface area (Å²) in [5, 5.41) is 0. The van der Waals surface area contributed by atoms with E-state index in [0.717, 1.165) is 7.28 Å². The van der Waals surface area contributed by atoms with Crippen molar-refractivity contribution in [3.63, 3.8) is 0 Å². The van der Waals surface area contributed by atoms with E-state index >= 15 is 0 Å². The van der Waals surface area contributed by atoms with Gasteiger partial charge in [-0.3, -0.25) is 0 Å². The molecule has 0 aromatic heterocycles. The van der Waals surface area contributed by atoms with Gasteiger partial charge in [0, 0.05) is 5.41 Å². The lowest BCUT2D eigenvalue weighted by Gasteiger charge is -2.22. The fourth-order valence-electron chi connectivity index (χ4n) is 3.82. The summed E-state index contributed by atoms with van der Waals surface area (Å²) in [6.07, 6.45) is 0. The van der Waals surface area contributed by atoms with Gasteiger partial charge in [0.2, 0.25) is 0 Å². The van der Waals surface area contributed by atoms with Gasteiger partial charge < -0.3 is 0 Å². The highest BCUT2D eigenvalue weighted by Crippen LogP contribution is 2.49. The first kappa shape index (κ1) is 14.3. The fraction of sp³-hybridized carbons (Fsp3) is 0.182. The predicted octanol–water partition coefficient (Wildman–Crippen LogP) is 4.77. The summed E-state index contributed by atoms with van der Waals surface area (Å²) in [5.41, 5.74) is 9.74. The van der Waals surface area contributed by atoms with Crippen molar-refractivity contribution in [3.05, 3.63) is 77.9 Å². The van der Waals surface area contributed by atoms with Crippen LogP contribution in [0.1, 0.15) is 25.0 Å². The molecule has 23 heavy (non-hydrogen) atoms. The van der Waals surface area contributed by atoms with Crippen LogP contribution in [0.5, 0.6) is 0 Å². The van der Waals surface area contributed by atoms with E-state index < -0.39 is 0 Å². The topological polar surface area (TPSA) is 0 Å². The van der Waals surface area contributed by atoms with E-state index in [1.165, 1.54) is 38.8 Å². The second-order valence-corrected chi connectivity index (χ2v) is 6.98. The SMILES string of the molecule is CBc1ccc(-c2ccc3c(c2)C(C)(C)c2ccccc2-3)cc1. The van der Waals surface area contributed by atoms with Gasteiger partial charge in [-0.25, -0.2) is 0 Å². The van der Waals surface area contributed by atoms with E-state index in [9.17, 15) is 0 Å². The summed E-state index contributed by atoms with van der Waals surface area (Å²) in [4.78, 5) is 0. The molecule has 0 atom stereocenters. The van der Waals surface area contributed by atoms with Crippen molar-refractivity contribution >= 4 is 12.7 Å². The lowest BCUT2D eigenvalue weighted by molar-refractivity contribution is 0.660. The highest BCUT2D eigenvalue weighted by Gasteiger charge is 2.35. The Hall–Kier alpha value is -2.28. The molecular formula is C22H21B. The average Bonchev–Trinajstić information content (AvgIpc) is 2.83. The maximum absolute atomic E-state index is 2.39. The average molecular weight is 296 g/mol. The zero-order valence-corrected chi connectivity index (χ0v) is 14.1. The molecule has 0 nitrogen and oxygen atoms in total. The zero-order chi connectivity index (χ0) is 16.0. The number of hydrogen-bond acceptors (Lipinski definition) is 0. The van der Waals surface area contributed by atoms with Crippen molar-refractivity contribution in [2.75, 3.05) is 0 Å². The molecule has 0 aliphatic heterocycles. The van der Waals surface area contributed by atoms with Gasteiger partial charge >= 0.3 is 0 Å². The number of rotatable bonds is 2. The molecule has 3 aromatic carbocycles. The van der Waals surface area contributed by atoms with Crippen LogP contribution in [0, 0.1) is 0 Å². The molecule has 0 N–H and O–H groups in total. The maximum Gasteiger partial charge on any atom is 0.154 e. The van der Waals surface area contributed by atoms with Crippen LogP contribution < -0.4 is 5.46 Å². The molecule has 3 aromatic rings. The summed E-state index contributed by atoms with van der Waals surface area (Å²) >= 11 is 0. The van der Waals surface area contributed by atoms with E-state index in [-0.39, 0.29) is 5.41 Å². The van der Waals surface area contributed by atoms with Gasteiger partial charge in [-0.2, -0.15) is 0 Å². The molecule has 0 radical (unpaired) electrons. The Kier molecular flexibility index (Phi) is 3.19. The van der Waals surface area contributed by atoms with Crippen molar-refractivity contribution in [3.8, 4) is 22.3 Å². The number of fused-ring (bicyclic) bond motifs is 3. The van der Waals surface area contributed by atoms with E-state index in [4.69, 9.17) is 0 Å². The largest absolute Gasteiger partial charge is 0.154 e. The van der Waals surface area contributed by atoms with Crippen LogP contribution in [0.25, 0.3) is 22.3 Å². The molecule has 1 aliphatic carbocycles. The summed E-state index contributed by atoms with van der Waals surface area (Å²) in [7, 11) is 1.09. The Bertz CT molecular complexity index is 873. The molecule has 0 heterocycles. The van der Waals surface area contributed by atoms with Gasteiger partial charge in [-0.1, -0.05) is 86.8 Å². The maximum atomic E-state index is 2.39. The van der Waals surface area contributed by atoms with Crippen molar-refractivity contribution in [2.45, 2.75) is 26.1 Å². The third kappa shape index (κ3) is 2.15. The molecule has 1 aliphatic rings. The Morgan fingerprint density at radius 2 is 1.35 bits per heavy atom. The molecule has 0 saturated heterocycles. The van der Waals surface area contributed by atoms with Crippen LogP contribution in [0.3, 0.4) is 0 Å². The van der Waals surface area contributed by atoms with Crippen LogP contribution in [0.4, 0.5) is 0 Å². The first-order chi connectivity index (χ1) is 11.1. The minimum absolute atomic E-state index is 0.0747. The second-order valence-electron chi connectivity index (χ2n) is 6.98. The van der Waals surface area contributed by atoms with Crippen LogP contribution in [-0.2, 0) is 5.41 Å². The first-order valence-electron chi connectivity index (χ1n) is 8.45. The van der Waals surface area contributed by atoms with Crippen molar-refractivity contribution < 1.29 is 0 Å². The molecule has 0 bridgehead atoms. The lowest BCUT2D eigenvalue weighted by atomic mass is 9.73. The van der Waals surface area contributed by atoms with Crippen molar-refractivity contribution in [2.24, 2.45) is 0 Å². The first-order valence-corrected chi connectivity index (χ1v) is 8.45. The van der Waals surface area contributed by atoms with Gasteiger partial charge in [0.05, 0.1) is 0 Å². The summed E-state index contributed by atoms with van der Waals surface area (Å²) in [6.45, 7) is 6.87. The van der Waals surface area contributed by atoms with Crippen LogP contribution in [0.15, 0.2) is 66.7 Å². The van der Waals surface area contributed by atoms with Gasteiger partial charge in [-0.15, -0.1) is 0 Å². The molecule has 0 unspecified atom stereocenters. The van der Waals surface area contributed by atoms with Gasteiger partial charge in [0.25, 0.3) is 0 Å². The third-order valence-corrected chi connectivity index (χ3v) is 5.28. The smallest absolute Gasteiger partial charge is 0.0849 e. The summed E-state index contributed by atoms with van der Waals surface area (Å²) in [6, 6.07) is 24.7. The Balaban J connectivity index is 1.85. The van der Waals surface area contributed by atoms with Crippen molar-refractivity contribution in [1.82, 2.24) is 0 Å². The van der Waals surface area contributed by atoms with Crippen molar-refractivity contribution in [1.29, 1.82) is 0 Å². The molecule has 0 spiro atoms. The fourth-order valence-corrected chi connectivity index (χ4v) is 3.82. The van der Waals surface area contributed by atoms with E-state index in [2.05, 4.69) is 87.4 Å². The Morgan fingerprint density at radius 3 is 2.09 bits per heavy atom. The monoisotopic (exact) mass is 296 g/mol. The van der Waals surface area contributed by atoms with E-state index in [0.29, 0.717) is 0 Å². The summed E-state index contributed by atoms with van der Waals surface area (Å²) < 4.78 is 0.